The largest absolute Gasteiger partial charge is 0.512 e. The normalized spacial score (nSPS) is 16.9. The van der Waals surface area contributed by atoms with E-state index in [1.54, 1.807) is 12.2 Å². The van der Waals surface area contributed by atoms with Crippen molar-refractivity contribution >= 4 is 11.6 Å². The van der Waals surface area contributed by atoms with Crippen LogP contribution in [-0.4, -0.2) is 5.11 Å². The van der Waals surface area contributed by atoms with Gasteiger partial charge in [-0.2, -0.15) is 0 Å². The Labute approximate surface area is 79.7 Å². The monoisotopic (exact) mass is 188 g/mol. The van der Waals surface area contributed by atoms with E-state index in [0.29, 0.717) is 5.76 Å². The maximum atomic E-state index is 9.54. The lowest BCUT2D eigenvalue weighted by Crippen LogP contribution is -2.19. The highest BCUT2D eigenvalue weighted by atomic mass is 35.5. The van der Waals surface area contributed by atoms with E-state index in [1.165, 1.54) is 5.54 Å². The van der Waals surface area contributed by atoms with Gasteiger partial charge in [0.2, 0.25) is 0 Å². The zero-order chi connectivity index (χ0) is 9.78. The van der Waals surface area contributed by atoms with Crippen LogP contribution in [0.3, 0.4) is 0 Å². The van der Waals surface area contributed by atoms with Crippen molar-refractivity contribution in [1.82, 2.24) is 0 Å². The van der Waals surface area contributed by atoms with Gasteiger partial charge >= 0.3 is 0 Å². The number of aliphatic hydroxyl groups excluding tert-OH is 1. The minimum Gasteiger partial charge on any atom is -0.512 e. The van der Waals surface area contributed by atoms with Crippen LogP contribution in [-0.2, 0) is 0 Å². The summed E-state index contributed by atoms with van der Waals surface area (Å²) in [4.78, 5) is 0. The lowest BCUT2D eigenvalue weighted by molar-refractivity contribution is 0.218. The maximum absolute atomic E-state index is 9.54. The summed E-state index contributed by atoms with van der Waals surface area (Å²) in [6.45, 7) is 8.26. The fraction of sp³-hybridized carbons (Fsp3) is 0.600. The van der Waals surface area contributed by atoms with Crippen LogP contribution in [0.4, 0.5) is 0 Å². The van der Waals surface area contributed by atoms with Gasteiger partial charge in [-0.3, -0.25) is 0 Å². The second-order valence-corrected chi connectivity index (χ2v) is 4.25. The van der Waals surface area contributed by atoms with E-state index in [2.05, 4.69) is 20.8 Å². The molecular formula is C10H17ClO. The van der Waals surface area contributed by atoms with Gasteiger partial charge in [0.1, 0.15) is 0 Å². The summed E-state index contributed by atoms with van der Waals surface area (Å²) in [7, 11) is 0. The van der Waals surface area contributed by atoms with Crippen molar-refractivity contribution in [3.8, 4) is 0 Å². The molecule has 0 heterocycles. The van der Waals surface area contributed by atoms with Gasteiger partial charge in [-0.15, -0.1) is 0 Å². The standard InChI is InChI=1S/C10H17ClO/c1-8(10(2,3)4)9(12)6-5-7-11/h5-8,12H,1-4H3/b7-5-,9-6+. The van der Waals surface area contributed by atoms with Crippen molar-refractivity contribution in [2.75, 3.05) is 0 Å². The smallest absolute Gasteiger partial charge is 0.0956 e. The predicted molar refractivity (Wildman–Crippen MR) is 54.3 cm³/mol. The number of hydrogen-bond acceptors (Lipinski definition) is 1. The molecule has 0 rings (SSSR count). The highest BCUT2D eigenvalue weighted by molar-refractivity contribution is 6.25. The van der Waals surface area contributed by atoms with Gasteiger partial charge in [0.05, 0.1) is 5.76 Å². The van der Waals surface area contributed by atoms with Crippen molar-refractivity contribution in [3.63, 3.8) is 0 Å². The molecule has 0 radical (unpaired) electrons. The van der Waals surface area contributed by atoms with E-state index in [4.69, 9.17) is 11.6 Å². The van der Waals surface area contributed by atoms with E-state index in [9.17, 15) is 5.11 Å². The van der Waals surface area contributed by atoms with Crippen molar-refractivity contribution in [1.29, 1.82) is 0 Å². The minimum absolute atomic E-state index is 0.0841. The van der Waals surface area contributed by atoms with E-state index < -0.39 is 0 Å². The quantitative estimate of drug-likeness (QED) is 0.516. The molecule has 12 heavy (non-hydrogen) atoms. The molecule has 0 spiro atoms. The van der Waals surface area contributed by atoms with E-state index >= 15 is 0 Å². The average Bonchev–Trinajstić information content (AvgIpc) is 1.97. The number of halogens is 1. The second-order valence-electron chi connectivity index (χ2n) is 4.00. The van der Waals surface area contributed by atoms with Crippen LogP contribution < -0.4 is 0 Å². The first-order chi connectivity index (χ1) is 5.39. The van der Waals surface area contributed by atoms with Crippen LogP contribution >= 0.6 is 11.6 Å². The van der Waals surface area contributed by atoms with Crippen LogP contribution in [0.2, 0.25) is 0 Å². The summed E-state index contributed by atoms with van der Waals surface area (Å²) >= 11 is 5.33. The third kappa shape index (κ3) is 3.82. The Morgan fingerprint density at radius 3 is 2.25 bits per heavy atom. The molecule has 0 aliphatic carbocycles. The third-order valence-corrected chi connectivity index (χ3v) is 2.23. The van der Waals surface area contributed by atoms with Crippen molar-refractivity contribution < 1.29 is 5.11 Å². The maximum Gasteiger partial charge on any atom is 0.0956 e. The first-order valence-electron chi connectivity index (χ1n) is 4.05. The lowest BCUT2D eigenvalue weighted by Gasteiger charge is -2.26. The SMILES string of the molecule is CC(/C(O)=C\C=C/Cl)C(C)(C)C. The Balaban J connectivity index is 4.39. The van der Waals surface area contributed by atoms with Crippen LogP contribution in [0.25, 0.3) is 0 Å². The molecule has 2 heteroatoms. The van der Waals surface area contributed by atoms with Gasteiger partial charge in [0.15, 0.2) is 0 Å². The highest BCUT2D eigenvalue weighted by Gasteiger charge is 2.22. The summed E-state index contributed by atoms with van der Waals surface area (Å²) in [6, 6.07) is 0. The first kappa shape index (κ1) is 11.6. The Morgan fingerprint density at radius 2 is 1.92 bits per heavy atom. The fourth-order valence-corrected chi connectivity index (χ4v) is 0.796. The lowest BCUT2D eigenvalue weighted by atomic mass is 9.81. The highest BCUT2D eigenvalue weighted by Crippen LogP contribution is 2.29. The molecule has 1 N–H and O–H groups in total. The number of hydrogen-bond donors (Lipinski definition) is 1. The van der Waals surface area contributed by atoms with E-state index in [0.717, 1.165) is 0 Å². The van der Waals surface area contributed by atoms with Gasteiger partial charge < -0.3 is 5.11 Å². The van der Waals surface area contributed by atoms with Crippen molar-refractivity contribution in [2.24, 2.45) is 11.3 Å². The van der Waals surface area contributed by atoms with Gasteiger partial charge in [0.25, 0.3) is 0 Å². The molecule has 0 bridgehead atoms. The summed E-state index contributed by atoms with van der Waals surface area (Å²) in [6.07, 6.45) is 3.25. The topological polar surface area (TPSA) is 20.2 Å². The first-order valence-corrected chi connectivity index (χ1v) is 4.49. The number of aliphatic hydroxyl groups is 1. The van der Waals surface area contributed by atoms with E-state index in [1.807, 2.05) is 6.92 Å². The Kier molecular flexibility index (Phi) is 4.40. The minimum atomic E-state index is 0.0841. The van der Waals surface area contributed by atoms with Crippen LogP contribution in [0.5, 0.6) is 0 Å². The van der Waals surface area contributed by atoms with Crippen LogP contribution in [0, 0.1) is 11.3 Å². The molecule has 0 saturated heterocycles. The van der Waals surface area contributed by atoms with Crippen LogP contribution in [0.15, 0.2) is 23.4 Å². The second kappa shape index (κ2) is 4.56. The molecule has 1 unspecified atom stereocenters. The van der Waals surface area contributed by atoms with Gasteiger partial charge in [-0.25, -0.2) is 0 Å². The molecule has 0 aromatic rings. The molecule has 0 aliphatic rings. The summed E-state index contributed by atoms with van der Waals surface area (Å²) in [5.41, 5.74) is 1.46. The summed E-state index contributed by atoms with van der Waals surface area (Å²) in [5.74, 6) is 0.518. The van der Waals surface area contributed by atoms with Gasteiger partial charge in [0, 0.05) is 11.5 Å². The van der Waals surface area contributed by atoms with Crippen LogP contribution in [0.1, 0.15) is 27.7 Å². The van der Waals surface area contributed by atoms with Crippen molar-refractivity contribution in [3.05, 3.63) is 23.4 Å². The Morgan fingerprint density at radius 1 is 1.42 bits per heavy atom. The van der Waals surface area contributed by atoms with Gasteiger partial charge in [-0.1, -0.05) is 39.3 Å². The predicted octanol–water partition coefficient (Wildman–Crippen LogP) is 3.86. The van der Waals surface area contributed by atoms with Gasteiger partial charge in [-0.05, 0) is 17.6 Å². The molecular weight excluding hydrogens is 172 g/mol. The molecule has 0 fully saturated rings. The zero-order valence-corrected chi connectivity index (χ0v) is 8.89. The Hall–Kier alpha value is -0.430. The molecule has 0 saturated carbocycles. The number of rotatable bonds is 2. The molecule has 0 aliphatic heterocycles. The Bertz CT molecular complexity index is 187. The molecule has 1 atom stereocenters. The molecule has 1 nitrogen and oxygen atoms in total. The zero-order valence-electron chi connectivity index (χ0n) is 8.13. The molecule has 0 amide bonds. The molecule has 70 valence electrons. The number of allylic oxidation sites excluding steroid dienone is 3. The summed E-state index contributed by atoms with van der Waals surface area (Å²) in [5, 5.41) is 9.54. The summed E-state index contributed by atoms with van der Waals surface area (Å²) < 4.78 is 0. The van der Waals surface area contributed by atoms with E-state index in [-0.39, 0.29) is 11.3 Å². The fourth-order valence-electron chi connectivity index (χ4n) is 0.723. The molecule has 0 aromatic carbocycles. The van der Waals surface area contributed by atoms with Crippen molar-refractivity contribution in [2.45, 2.75) is 27.7 Å². The molecule has 0 aromatic heterocycles. The third-order valence-electron chi connectivity index (χ3n) is 2.08. The average molecular weight is 189 g/mol.